The van der Waals surface area contributed by atoms with E-state index in [0.29, 0.717) is 0 Å². The second-order valence-electron chi connectivity index (χ2n) is 5.54. The van der Waals surface area contributed by atoms with Gasteiger partial charge in [-0.1, -0.05) is 6.92 Å². The Kier molecular flexibility index (Phi) is 10.6. The standard InChI is InChI=1S/C15H33N3/c1-2-9-16-10-3-4-11-17-12-5-6-15-7-13-18-14-8-15/h15-18H,2-14H2,1H3. The van der Waals surface area contributed by atoms with Crippen molar-refractivity contribution in [3.8, 4) is 0 Å². The Hall–Kier alpha value is -0.120. The van der Waals surface area contributed by atoms with Crippen LogP contribution in [-0.2, 0) is 0 Å². The van der Waals surface area contributed by atoms with Gasteiger partial charge in [0.1, 0.15) is 0 Å². The first kappa shape index (κ1) is 15.9. The highest BCUT2D eigenvalue weighted by atomic mass is 14.9. The van der Waals surface area contributed by atoms with Crippen LogP contribution < -0.4 is 16.0 Å². The summed E-state index contributed by atoms with van der Waals surface area (Å²) < 4.78 is 0. The Morgan fingerprint density at radius 3 is 2.17 bits per heavy atom. The average Bonchev–Trinajstić information content (AvgIpc) is 2.42. The van der Waals surface area contributed by atoms with E-state index in [9.17, 15) is 0 Å². The van der Waals surface area contributed by atoms with Crippen LogP contribution in [0.15, 0.2) is 0 Å². The molecule has 1 fully saturated rings. The van der Waals surface area contributed by atoms with E-state index in [1.165, 1.54) is 84.2 Å². The molecule has 1 aliphatic rings. The van der Waals surface area contributed by atoms with Crippen molar-refractivity contribution in [2.75, 3.05) is 39.3 Å². The fraction of sp³-hybridized carbons (Fsp3) is 1.00. The van der Waals surface area contributed by atoms with Gasteiger partial charge >= 0.3 is 0 Å². The maximum Gasteiger partial charge on any atom is -0.00463 e. The smallest absolute Gasteiger partial charge is 0.00463 e. The number of unbranched alkanes of at least 4 members (excludes halogenated alkanes) is 1. The van der Waals surface area contributed by atoms with E-state index in [2.05, 4.69) is 22.9 Å². The Morgan fingerprint density at radius 1 is 0.889 bits per heavy atom. The van der Waals surface area contributed by atoms with Crippen LogP contribution in [0.25, 0.3) is 0 Å². The molecule has 0 atom stereocenters. The molecule has 3 heteroatoms. The van der Waals surface area contributed by atoms with Crippen LogP contribution in [0, 0.1) is 5.92 Å². The SMILES string of the molecule is CCCNCCCCNCCCC1CCNCC1. The maximum absolute atomic E-state index is 3.57. The molecular formula is C15H33N3. The van der Waals surface area contributed by atoms with E-state index < -0.39 is 0 Å². The summed E-state index contributed by atoms with van der Waals surface area (Å²) in [4.78, 5) is 0. The van der Waals surface area contributed by atoms with Gasteiger partial charge in [0.2, 0.25) is 0 Å². The molecule has 0 bridgehead atoms. The highest BCUT2D eigenvalue weighted by Crippen LogP contribution is 2.16. The fourth-order valence-corrected chi connectivity index (χ4v) is 2.61. The van der Waals surface area contributed by atoms with E-state index in [0.717, 1.165) is 5.92 Å². The van der Waals surface area contributed by atoms with E-state index in [-0.39, 0.29) is 0 Å². The van der Waals surface area contributed by atoms with Crippen molar-refractivity contribution in [1.29, 1.82) is 0 Å². The normalized spacial score (nSPS) is 17.2. The van der Waals surface area contributed by atoms with Gasteiger partial charge in [-0.15, -0.1) is 0 Å². The molecule has 18 heavy (non-hydrogen) atoms. The van der Waals surface area contributed by atoms with Crippen molar-refractivity contribution >= 4 is 0 Å². The van der Waals surface area contributed by atoms with E-state index in [1.807, 2.05) is 0 Å². The number of rotatable bonds is 11. The van der Waals surface area contributed by atoms with Gasteiger partial charge in [0.05, 0.1) is 0 Å². The minimum Gasteiger partial charge on any atom is -0.317 e. The molecule has 0 aromatic heterocycles. The average molecular weight is 255 g/mol. The van der Waals surface area contributed by atoms with Crippen LogP contribution >= 0.6 is 0 Å². The van der Waals surface area contributed by atoms with Crippen LogP contribution in [0.2, 0.25) is 0 Å². The molecule has 0 radical (unpaired) electrons. The molecule has 0 amide bonds. The summed E-state index contributed by atoms with van der Waals surface area (Å²) >= 11 is 0. The summed E-state index contributed by atoms with van der Waals surface area (Å²) in [6.45, 7) is 9.46. The molecule has 0 aromatic carbocycles. The first-order valence-electron chi connectivity index (χ1n) is 8.05. The third-order valence-corrected chi connectivity index (χ3v) is 3.81. The van der Waals surface area contributed by atoms with E-state index in [1.54, 1.807) is 0 Å². The summed E-state index contributed by atoms with van der Waals surface area (Å²) in [5.41, 5.74) is 0. The van der Waals surface area contributed by atoms with Gasteiger partial charge in [0.15, 0.2) is 0 Å². The maximum atomic E-state index is 3.57. The van der Waals surface area contributed by atoms with Gasteiger partial charge in [-0.05, 0) is 90.1 Å². The Morgan fingerprint density at radius 2 is 1.50 bits per heavy atom. The number of hydrogen-bond donors (Lipinski definition) is 3. The van der Waals surface area contributed by atoms with Crippen molar-refractivity contribution in [2.24, 2.45) is 5.92 Å². The molecule has 3 nitrogen and oxygen atoms in total. The highest BCUT2D eigenvalue weighted by molar-refractivity contribution is 4.68. The third kappa shape index (κ3) is 8.90. The second-order valence-corrected chi connectivity index (χ2v) is 5.54. The fourth-order valence-electron chi connectivity index (χ4n) is 2.61. The molecule has 0 spiro atoms. The topological polar surface area (TPSA) is 36.1 Å². The lowest BCUT2D eigenvalue weighted by Gasteiger charge is -2.22. The van der Waals surface area contributed by atoms with Crippen LogP contribution in [-0.4, -0.2) is 39.3 Å². The van der Waals surface area contributed by atoms with Crippen molar-refractivity contribution < 1.29 is 0 Å². The largest absolute Gasteiger partial charge is 0.317 e. The molecular weight excluding hydrogens is 222 g/mol. The van der Waals surface area contributed by atoms with Crippen molar-refractivity contribution in [3.05, 3.63) is 0 Å². The van der Waals surface area contributed by atoms with Gasteiger partial charge in [-0.25, -0.2) is 0 Å². The molecule has 0 saturated carbocycles. The van der Waals surface area contributed by atoms with Crippen molar-refractivity contribution in [2.45, 2.75) is 51.9 Å². The van der Waals surface area contributed by atoms with Gasteiger partial charge in [0, 0.05) is 0 Å². The van der Waals surface area contributed by atoms with Gasteiger partial charge < -0.3 is 16.0 Å². The predicted octanol–water partition coefficient (Wildman–Crippen LogP) is 2.14. The summed E-state index contributed by atoms with van der Waals surface area (Å²) in [6.07, 6.45) is 9.43. The molecule has 108 valence electrons. The number of nitrogens with one attached hydrogen (secondary N) is 3. The lowest BCUT2D eigenvalue weighted by molar-refractivity contribution is 0.344. The van der Waals surface area contributed by atoms with Crippen LogP contribution in [0.1, 0.15) is 51.9 Å². The van der Waals surface area contributed by atoms with Crippen LogP contribution in [0.3, 0.4) is 0 Å². The number of piperidine rings is 1. The molecule has 1 heterocycles. The summed E-state index contributed by atoms with van der Waals surface area (Å²) in [5, 5.41) is 10.5. The first-order valence-corrected chi connectivity index (χ1v) is 8.05. The Labute approximate surface area is 113 Å². The Balaban J connectivity index is 1.73. The first-order chi connectivity index (χ1) is 8.93. The van der Waals surface area contributed by atoms with Crippen LogP contribution in [0.5, 0.6) is 0 Å². The monoisotopic (exact) mass is 255 g/mol. The minimum absolute atomic E-state index is 0.992. The van der Waals surface area contributed by atoms with Gasteiger partial charge in [-0.2, -0.15) is 0 Å². The molecule has 1 aliphatic heterocycles. The molecule has 3 N–H and O–H groups in total. The van der Waals surface area contributed by atoms with Crippen LogP contribution in [0.4, 0.5) is 0 Å². The Bertz CT molecular complexity index is 167. The second kappa shape index (κ2) is 11.9. The summed E-state index contributed by atoms with van der Waals surface area (Å²) in [6, 6.07) is 0. The van der Waals surface area contributed by atoms with Crippen molar-refractivity contribution in [1.82, 2.24) is 16.0 Å². The predicted molar refractivity (Wildman–Crippen MR) is 80.1 cm³/mol. The summed E-state index contributed by atoms with van der Waals surface area (Å²) in [5.74, 6) is 0.992. The lowest BCUT2D eigenvalue weighted by atomic mass is 9.93. The molecule has 1 rings (SSSR count). The van der Waals surface area contributed by atoms with Gasteiger partial charge in [0.25, 0.3) is 0 Å². The van der Waals surface area contributed by atoms with Crippen molar-refractivity contribution in [3.63, 3.8) is 0 Å². The quantitative estimate of drug-likeness (QED) is 0.495. The third-order valence-electron chi connectivity index (χ3n) is 3.81. The zero-order valence-corrected chi connectivity index (χ0v) is 12.3. The molecule has 1 saturated heterocycles. The lowest BCUT2D eigenvalue weighted by Crippen LogP contribution is -2.28. The molecule has 0 unspecified atom stereocenters. The molecule has 0 aliphatic carbocycles. The zero-order valence-electron chi connectivity index (χ0n) is 12.3. The van der Waals surface area contributed by atoms with E-state index in [4.69, 9.17) is 0 Å². The number of hydrogen-bond acceptors (Lipinski definition) is 3. The minimum atomic E-state index is 0.992. The van der Waals surface area contributed by atoms with Gasteiger partial charge in [-0.3, -0.25) is 0 Å². The zero-order chi connectivity index (χ0) is 12.9. The summed E-state index contributed by atoms with van der Waals surface area (Å²) in [7, 11) is 0. The molecule has 0 aromatic rings. The highest BCUT2D eigenvalue weighted by Gasteiger charge is 2.11. The van der Waals surface area contributed by atoms with E-state index >= 15 is 0 Å².